The van der Waals surface area contributed by atoms with E-state index >= 15 is 0 Å². The Morgan fingerprint density at radius 3 is 2.87 bits per heavy atom. The molecule has 0 radical (unpaired) electrons. The summed E-state index contributed by atoms with van der Waals surface area (Å²) in [6.45, 7) is 1.38. The third-order valence-corrected chi connectivity index (χ3v) is 4.86. The third kappa shape index (κ3) is 5.97. The number of primary amides is 1. The van der Waals surface area contributed by atoms with Gasteiger partial charge >= 0.3 is 5.69 Å². The molecule has 0 saturated heterocycles. The highest BCUT2D eigenvalue weighted by atomic mass is 16.5. The molecule has 1 aromatic heterocycles. The summed E-state index contributed by atoms with van der Waals surface area (Å²) in [6, 6.07) is 5.06. The zero-order chi connectivity index (χ0) is 22.2. The summed E-state index contributed by atoms with van der Waals surface area (Å²) in [5.41, 5.74) is 5.73. The Morgan fingerprint density at radius 2 is 2.13 bits per heavy atom. The van der Waals surface area contributed by atoms with Crippen molar-refractivity contribution in [3.8, 4) is 11.5 Å². The van der Waals surface area contributed by atoms with Crippen molar-refractivity contribution in [3.05, 3.63) is 46.1 Å². The van der Waals surface area contributed by atoms with Crippen LogP contribution in [0.3, 0.4) is 0 Å². The number of nitrogens with one attached hydrogen (secondary N) is 1. The van der Waals surface area contributed by atoms with Gasteiger partial charge in [0, 0.05) is 32.1 Å². The van der Waals surface area contributed by atoms with Crippen molar-refractivity contribution < 1.29 is 19.1 Å². The molecular weight excluding hydrogens is 402 g/mol. The summed E-state index contributed by atoms with van der Waals surface area (Å²) >= 11 is 0. The third-order valence-electron chi connectivity index (χ3n) is 4.86. The van der Waals surface area contributed by atoms with E-state index in [1.165, 1.54) is 17.9 Å². The quantitative estimate of drug-likeness (QED) is 0.417. The molecule has 2 aromatic rings. The predicted octanol–water partition coefficient (Wildman–Crippen LogP) is 0.474. The minimum Gasteiger partial charge on any atom is -0.493 e. The van der Waals surface area contributed by atoms with E-state index in [0.717, 1.165) is 37.2 Å². The summed E-state index contributed by atoms with van der Waals surface area (Å²) in [4.78, 5) is 35.2. The van der Waals surface area contributed by atoms with Gasteiger partial charge in [0.05, 0.1) is 7.11 Å². The lowest BCUT2D eigenvalue weighted by molar-refractivity contribution is -0.120. The van der Waals surface area contributed by atoms with Crippen LogP contribution in [-0.4, -0.2) is 46.4 Å². The fraction of sp³-hybridized carbons (Fsp3) is 0.429. The van der Waals surface area contributed by atoms with Gasteiger partial charge in [-0.25, -0.2) is 9.48 Å². The number of aryl methyl sites for hydroxylation is 2. The second-order valence-corrected chi connectivity index (χ2v) is 7.17. The maximum Gasteiger partial charge on any atom is 0.345 e. The molecule has 0 aliphatic carbocycles. The van der Waals surface area contributed by atoms with E-state index in [4.69, 9.17) is 15.2 Å². The molecule has 3 rings (SSSR count). The first-order chi connectivity index (χ1) is 15.0. The Balaban J connectivity index is 1.47. The first kappa shape index (κ1) is 22.1. The molecule has 10 heteroatoms. The van der Waals surface area contributed by atoms with Crippen molar-refractivity contribution in [2.45, 2.75) is 38.8 Å². The number of amides is 2. The van der Waals surface area contributed by atoms with E-state index in [9.17, 15) is 14.4 Å². The van der Waals surface area contributed by atoms with E-state index in [0.29, 0.717) is 31.0 Å². The highest BCUT2D eigenvalue weighted by molar-refractivity contribution is 5.91. The second kappa shape index (κ2) is 10.5. The van der Waals surface area contributed by atoms with Crippen LogP contribution in [0.4, 0.5) is 0 Å². The lowest BCUT2D eigenvalue weighted by Crippen LogP contribution is -2.28. The minimum atomic E-state index is -0.583. The van der Waals surface area contributed by atoms with Gasteiger partial charge in [0.25, 0.3) is 5.91 Å². The molecule has 1 aromatic carbocycles. The van der Waals surface area contributed by atoms with Gasteiger partial charge in [-0.1, -0.05) is 6.07 Å². The maximum atomic E-state index is 12.3. The molecule has 3 N–H and O–H groups in total. The highest BCUT2D eigenvalue weighted by Crippen LogP contribution is 2.28. The monoisotopic (exact) mass is 429 g/mol. The van der Waals surface area contributed by atoms with E-state index < -0.39 is 5.91 Å². The number of hydrogen-bond acceptors (Lipinski definition) is 6. The van der Waals surface area contributed by atoms with Crippen LogP contribution in [-0.2, 0) is 29.1 Å². The second-order valence-electron chi connectivity index (χ2n) is 7.17. The number of methoxy groups -OCH3 is 1. The molecule has 0 atom stereocenters. The van der Waals surface area contributed by atoms with Gasteiger partial charge in [-0.05, 0) is 43.0 Å². The largest absolute Gasteiger partial charge is 0.493 e. The molecule has 0 saturated carbocycles. The number of aromatic nitrogens is 3. The molecule has 0 bridgehead atoms. The van der Waals surface area contributed by atoms with E-state index in [1.807, 2.05) is 0 Å². The Labute approximate surface area is 179 Å². The fourth-order valence-electron chi connectivity index (χ4n) is 3.32. The Hall–Kier alpha value is -3.56. The molecule has 2 amide bonds. The van der Waals surface area contributed by atoms with Gasteiger partial charge in [-0.15, -0.1) is 0 Å². The van der Waals surface area contributed by atoms with Gasteiger partial charge in [-0.2, -0.15) is 5.10 Å². The fourth-order valence-corrected chi connectivity index (χ4v) is 3.32. The first-order valence-corrected chi connectivity index (χ1v) is 10.2. The molecule has 2 heterocycles. The van der Waals surface area contributed by atoms with Crippen LogP contribution in [0.15, 0.2) is 29.1 Å². The topological polar surface area (TPSA) is 130 Å². The number of carbonyl (C=O) groups excluding carboxylic acids is 2. The Kier molecular flexibility index (Phi) is 7.47. The van der Waals surface area contributed by atoms with Crippen molar-refractivity contribution >= 4 is 17.9 Å². The normalized spacial score (nSPS) is 13.1. The molecule has 1 aliphatic rings. The van der Waals surface area contributed by atoms with E-state index in [-0.39, 0.29) is 18.2 Å². The average molecular weight is 429 g/mol. The number of nitrogens with zero attached hydrogens (tertiary/aromatic N) is 3. The smallest absolute Gasteiger partial charge is 0.345 e. The molecular formula is C21H27N5O5. The number of hydrogen-bond donors (Lipinski definition) is 2. The summed E-state index contributed by atoms with van der Waals surface area (Å²) in [5.74, 6) is 0.838. The molecule has 0 spiro atoms. The number of benzene rings is 1. The van der Waals surface area contributed by atoms with Crippen LogP contribution in [0.2, 0.25) is 0 Å². The number of ether oxygens (including phenoxy) is 2. The summed E-state index contributed by atoms with van der Waals surface area (Å²) < 4.78 is 13.7. The van der Waals surface area contributed by atoms with Gasteiger partial charge in [-0.3, -0.25) is 14.2 Å². The SMILES string of the molecule is COc1cc(/C=C/C(=O)NCCCn2nc3n(c2=O)CCCC3)ccc1OCC(N)=O. The van der Waals surface area contributed by atoms with E-state index in [2.05, 4.69) is 10.4 Å². The van der Waals surface area contributed by atoms with Gasteiger partial charge in [0.2, 0.25) is 5.91 Å². The van der Waals surface area contributed by atoms with Gasteiger partial charge in [0.15, 0.2) is 18.1 Å². The maximum absolute atomic E-state index is 12.3. The molecule has 10 nitrogen and oxygen atoms in total. The summed E-state index contributed by atoms with van der Waals surface area (Å²) in [7, 11) is 1.48. The predicted molar refractivity (Wildman–Crippen MR) is 114 cm³/mol. The lowest BCUT2D eigenvalue weighted by atomic mass is 10.2. The van der Waals surface area contributed by atoms with Crippen molar-refractivity contribution in [3.63, 3.8) is 0 Å². The highest BCUT2D eigenvalue weighted by Gasteiger charge is 2.16. The van der Waals surface area contributed by atoms with Crippen molar-refractivity contribution in [1.29, 1.82) is 0 Å². The number of rotatable bonds is 10. The number of nitrogens with two attached hydrogens (primary N) is 1. The van der Waals surface area contributed by atoms with Crippen molar-refractivity contribution in [1.82, 2.24) is 19.7 Å². The Morgan fingerprint density at radius 1 is 1.29 bits per heavy atom. The number of carbonyl (C=O) groups is 2. The van der Waals surface area contributed by atoms with Crippen LogP contribution < -0.4 is 26.2 Å². The lowest BCUT2D eigenvalue weighted by Gasteiger charge is -2.10. The summed E-state index contributed by atoms with van der Waals surface area (Å²) in [5, 5.41) is 7.18. The molecule has 31 heavy (non-hydrogen) atoms. The molecule has 166 valence electrons. The van der Waals surface area contributed by atoms with Crippen molar-refractivity contribution in [2.24, 2.45) is 5.73 Å². The Bertz CT molecular complexity index is 1020. The van der Waals surface area contributed by atoms with Crippen LogP contribution in [0, 0.1) is 0 Å². The zero-order valence-corrected chi connectivity index (χ0v) is 17.5. The first-order valence-electron chi connectivity index (χ1n) is 10.2. The zero-order valence-electron chi connectivity index (χ0n) is 17.5. The van der Waals surface area contributed by atoms with E-state index in [1.54, 1.807) is 28.8 Å². The van der Waals surface area contributed by atoms with Crippen LogP contribution in [0.1, 0.15) is 30.7 Å². The molecule has 0 unspecified atom stereocenters. The summed E-state index contributed by atoms with van der Waals surface area (Å²) in [6.07, 6.45) is 6.58. The van der Waals surface area contributed by atoms with Gasteiger partial charge < -0.3 is 20.5 Å². The standard InChI is InChI=1S/C21H27N5O5/c1-30-17-13-15(6-8-16(17)31-14-18(22)27)7-9-20(28)23-10-4-12-26-21(29)25-11-3-2-5-19(25)24-26/h6-9,13H,2-5,10-12,14H2,1H3,(H2,22,27)(H,23,28)/b9-7+. The molecule has 0 fully saturated rings. The molecule has 1 aliphatic heterocycles. The number of fused-ring (bicyclic) bond motifs is 1. The minimum absolute atomic E-state index is 0.0712. The average Bonchev–Trinajstić information content (AvgIpc) is 3.09. The van der Waals surface area contributed by atoms with Crippen molar-refractivity contribution in [2.75, 3.05) is 20.3 Å². The van der Waals surface area contributed by atoms with Crippen LogP contribution in [0.25, 0.3) is 6.08 Å². The van der Waals surface area contributed by atoms with Crippen LogP contribution in [0.5, 0.6) is 11.5 Å². The van der Waals surface area contributed by atoms with Crippen LogP contribution >= 0.6 is 0 Å². The van der Waals surface area contributed by atoms with Gasteiger partial charge in [0.1, 0.15) is 5.82 Å².